The van der Waals surface area contributed by atoms with Crippen LogP contribution in [0, 0.1) is 29.9 Å². The van der Waals surface area contributed by atoms with Gasteiger partial charge in [0.1, 0.15) is 24.2 Å². The lowest BCUT2D eigenvalue weighted by molar-refractivity contribution is 0.154. The van der Waals surface area contributed by atoms with Gasteiger partial charge in [-0.2, -0.15) is 5.26 Å². The lowest BCUT2D eigenvalue weighted by atomic mass is 10.1. The number of nitriles is 1. The lowest BCUT2D eigenvalue weighted by Gasteiger charge is -2.23. The topological polar surface area (TPSA) is 67.2 Å². The van der Waals surface area contributed by atoms with Crippen molar-refractivity contribution in [3.05, 3.63) is 52.7 Å². The molecule has 5 nitrogen and oxygen atoms in total. The summed E-state index contributed by atoms with van der Waals surface area (Å²) in [7, 11) is 0. The van der Waals surface area contributed by atoms with Crippen LogP contribution in [0.5, 0.6) is 11.6 Å². The molecule has 2 aromatic rings. The second-order valence-corrected chi connectivity index (χ2v) is 6.10. The molecule has 7 heteroatoms. The molecule has 0 spiro atoms. The Morgan fingerprint density at radius 2 is 2.00 bits per heavy atom. The van der Waals surface area contributed by atoms with Gasteiger partial charge in [0.05, 0.1) is 11.6 Å². The smallest absolute Gasteiger partial charge is 0.214 e. The number of ether oxygens (including phenoxy) is 2. The number of halogens is 2. The van der Waals surface area contributed by atoms with E-state index in [1.54, 1.807) is 0 Å². The third-order valence-electron chi connectivity index (χ3n) is 4.30. The van der Waals surface area contributed by atoms with Gasteiger partial charge in [0.2, 0.25) is 5.88 Å². The number of piperidine rings is 1. The number of nitrogens with zero attached hydrogens (tertiary/aromatic N) is 2. The molecular weight excluding hydrogens is 340 g/mol. The van der Waals surface area contributed by atoms with Crippen molar-refractivity contribution < 1.29 is 18.3 Å². The molecule has 0 bridgehead atoms. The number of pyridine rings is 1. The summed E-state index contributed by atoms with van der Waals surface area (Å²) in [5, 5.41) is 12.1. The fraction of sp³-hybridized carbons (Fsp3) is 0.368. The molecule has 1 aliphatic heterocycles. The van der Waals surface area contributed by atoms with Crippen LogP contribution in [0.15, 0.2) is 24.3 Å². The first-order chi connectivity index (χ1) is 12.6. The highest BCUT2D eigenvalue weighted by Gasteiger charge is 2.17. The van der Waals surface area contributed by atoms with Gasteiger partial charge in [0.15, 0.2) is 11.6 Å². The molecule has 3 rings (SSSR count). The predicted molar refractivity (Wildman–Crippen MR) is 90.9 cm³/mol. The van der Waals surface area contributed by atoms with Crippen molar-refractivity contribution >= 4 is 0 Å². The minimum atomic E-state index is -0.633. The summed E-state index contributed by atoms with van der Waals surface area (Å²) >= 11 is 0. The molecule has 0 saturated carbocycles. The highest BCUT2D eigenvalue weighted by Crippen LogP contribution is 2.24. The van der Waals surface area contributed by atoms with Crippen molar-refractivity contribution in [1.82, 2.24) is 10.3 Å². The Morgan fingerprint density at radius 3 is 2.73 bits per heavy atom. The summed E-state index contributed by atoms with van der Waals surface area (Å²) in [6.45, 7) is 3.00. The van der Waals surface area contributed by atoms with Crippen LogP contribution in [0.4, 0.5) is 8.78 Å². The SMILES string of the molecule is Cc1c(C#N)ccc(OCc2nc(OC3CCNCC3)ccc2F)c1F. The van der Waals surface area contributed by atoms with E-state index in [0.717, 1.165) is 25.9 Å². The summed E-state index contributed by atoms with van der Waals surface area (Å²) in [5.41, 5.74) is 0.468. The van der Waals surface area contributed by atoms with Crippen molar-refractivity contribution in [2.75, 3.05) is 13.1 Å². The molecule has 1 aliphatic rings. The van der Waals surface area contributed by atoms with Crippen molar-refractivity contribution in [1.29, 1.82) is 5.26 Å². The number of hydrogen-bond donors (Lipinski definition) is 1. The zero-order valence-electron chi connectivity index (χ0n) is 14.4. The van der Waals surface area contributed by atoms with Crippen LogP contribution in [0.3, 0.4) is 0 Å². The third kappa shape index (κ3) is 4.09. The van der Waals surface area contributed by atoms with Crippen molar-refractivity contribution in [3.8, 4) is 17.7 Å². The lowest BCUT2D eigenvalue weighted by Crippen LogP contribution is -2.34. The minimum Gasteiger partial charge on any atom is -0.484 e. The van der Waals surface area contributed by atoms with Crippen molar-refractivity contribution in [2.24, 2.45) is 0 Å². The fourth-order valence-corrected chi connectivity index (χ4v) is 2.75. The average Bonchev–Trinajstić information content (AvgIpc) is 2.66. The normalized spacial score (nSPS) is 14.7. The van der Waals surface area contributed by atoms with Gasteiger partial charge in [0.25, 0.3) is 0 Å². The zero-order chi connectivity index (χ0) is 18.5. The molecule has 1 fully saturated rings. The maximum atomic E-state index is 14.2. The van der Waals surface area contributed by atoms with Crippen LogP contribution in [0.25, 0.3) is 0 Å². The first-order valence-electron chi connectivity index (χ1n) is 8.43. The summed E-state index contributed by atoms with van der Waals surface area (Å²) in [6, 6.07) is 7.47. The molecule has 0 unspecified atom stereocenters. The summed E-state index contributed by atoms with van der Waals surface area (Å²) in [4.78, 5) is 4.15. The molecule has 1 aromatic carbocycles. The molecule has 0 radical (unpaired) electrons. The van der Waals surface area contributed by atoms with E-state index in [1.165, 1.54) is 31.2 Å². The van der Waals surface area contributed by atoms with Crippen LogP contribution in [0.1, 0.15) is 29.7 Å². The van der Waals surface area contributed by atoms with Gasteiger partial charge in [-0.25, -0.2) is 13.8 Å². The van der Waals surface area contributed by atoms with E-state index in [-0.39, 0.29) is 35.3 Å². The van der Waals surface area contributed by atoms with Gasteiger partial charge >= 0.3 is 0 Å². The third-order valence-corrected chi connectivity index (χ3v) is 4.30. The Kier molecular flexibility index (Phi) is 5.64. The maximum absolute atomic E-state index is 14.2. The molecule has 136 valence electrons. The van der Waals surface area contributed by atoms with Gasteiger partial charge in [0, 0.05) is 11.6 Å². The first-order valence-corrected chi connectivity index (χ1v) is 8.43. The monoisotopic (exact) mass is 359 g/mol. The molecule has 26 heavy (non-hydrogen) atoms. The van der Waals surface area contributed by atoms with E-state index in [0.29, 0.717) is 5.88 Å². The molecule has 0 aliphatic carbocycles. The number of benzene rings is 1. The van der Waals surface area contributed by atoms with Crippen molar-refractivity contribution in [3.63, 3.8) is 0 Å². The Hall–Kier alpha value is -2.72. The van der Waals surface area contributed by atoms with Crippen molar-refractivity contribution in [2.45, 2.75) is 32.5 Å². The van der Waals surface area contributed by atoms with Crippen LogP contribution in [-0.4, -0.2) is 24.2 Å². The average molecular weight is 359 g/mol. The predicted octanol–water partition coefficient (Wildman–Crippen LogP) is 3.25. The first kappa shape index (κ1) is 18.1. The fourth-order valence-electron chi connectivity index (χ4n) is 2.75. The van der Waals surface area contributed by atoms with E-state index in [9.17, 15) is 8.78 Å². The molecule has 1 aromatic heterocycles. The molecule has 1 saturated heterocycles. The molecule has 0 amide bonds. The second kappa shape index (κ2) is 8.11. The number of aromatic nitrogens is 1. The Labute approximate surface area is 150 Å². The minimum absolute atomic E-state index is 0.0397. The summed E-state index contributed by atoms with van der Waals surface area (Å²) in [5.74, 6) is -0.902. The van der Waals surface area contributed by atoms with Gasteiger partial charge in [-0.3, -0.25) is 0 Å². The van der Waals surface area contributed by atoms with Crippen LogP contribution in [0.2, 0.25) is 0 Å². The van der Waals surface area contributed by atoms with Gasteiger partial charge < -0.3 is 14.8 Å². The van der Waals surface area contributed by atoms with Crippen LogP contribution >= 0.6 is 0 Å². The quantitative estimate of drug-likeness (QED) is 0.888. The number of nitrogens with one attached hydrogen (secondary N) is 1. The Balaban J connectivity index is 1.70. The van der Waals surface area contributed by atoms with E-state index >= 15 is 0 Å². The van der Waals surface area contributed by atoms with E-state index < -0.39 is 11.6 Å². The van der Waals surface area contributed by atoms with Crippen LogP contribution < -0.4 is 14.8 Å². The molecule has 1 N–H and O–H groups in total. The summed E-state index contributed by atoms with van der Waals surface area (Å²) in [6.07, 6.45) is 1.77. The Morgan fingerprint density at radius 1 is 1.23 bits per heavy atom. The molecular formula is C19H19F2N3O2. The van der Waals surface area contributed by atoms with Gasteiger partial charge in [-0.05, 0) is 51.1 Å². The maximum Gasteiger partial charge on any atom is 0.214 e. The number of rotatable bonds is 5. The highest BCUT2D eigenvalue weighted by atomic mass is 19.1. The largest absolute Gasteiger partial charge is 0.484 e. The molecule has 0 atom stereocenters. The standard InChI is InChI=1S/C19H19F2N3O2/c1-12-13(10-22)2-4-17(19(12)21)25-11-16-15(20)3-5-18(24-16)26-14-6-8-23-9-7-14/h2-5,14,23H,6-9,11H2,1H3. The van der Waals surface area contributed by atoms with Gasteiger partial charge in [-0.15, -0.1) is 0 Å². The summed E-state index contributed by atoms with van der Waals surface area (Å²) < 4.78 is 39.4. The zero-order valence-corrected chi connectivity index (χ0v) is 14.4. The highest BCUT2D eigenvalue weighted by molar-refractivity contribution is 5.43. The second-order valence-electron chi connectivity index (χ2n) is 6.10. The Bertz CT molecular complexity index is 830. The van der Waals surface area contributed by atoms with Gasteiger partial charge in [-0.1, -0.05) is 0 Å². The molecule has 2 heterocycles. The van der Waals surface area contributed by atoms with E-state index in [2.05, 4.69) is 10.3 Å². The number of hydrogen-bond acceptors (Lipinski definition) is 5. The van der Waals surface area contributed by atoms with E-state index in [4.69, 9.17) is 14.7 Å². The van der Waals surface area contributed by atoms with E-state index in [1.807, 2.05) is 6.07 Å². The van der Waals surface area contributed by atoms with Crippen LogP contribution in [-0.2, 0) is 6.61 Å².